The quantitative estimate of drug-likeness (QED) is 0.843. The minimum atomic E-state index is 0.760. The molecule has 0 aliphatic rings. The molecule has 2 aromatic carbocycles. The van der Waals surface area contributed by atoms with Gasteiger partial charge in [0.15, 0.2) is 0 Å². The molecule has 4 heteroatoms. The van der Waals surface area contributed by atoms with Gasteiger partial charge in [-0.1, -0.05) is 35.3 Å². The largest absolute Gasteiger partial charge is 0.384 e. The molecular formula is C16H18Cl2N2. The molecule has 0 fully saturated rings. The molecule has 0 aromatic heterocycles. The summed E-state index contributed by atoms with van der Waals surface area (Å²) in [7, 11) is 2.11. The van der Waals surface area contributed by atoms with Crippen LogP contribution in [0.3, 0.4) is 0 Å². The molecule has 0 unspecified atom stereocenters. The van der Waals surface area contributed by atoms with Crippen molar-refractivity contribution >= 4 is 28.9 Å². The zero-order valence-corrected chi connectivity index (χ0v) is 13.0. The van der Waals surface area contributed by atoms with Crippen LogP contribution in [-0.4, -0.2) is 25.0 Å². The third-order valence-electron chi connectivity index (χ3n) is 3.03. The van der Waals surface area contributed by atoms with Crippen LogP contribution < -0.4 is 5.32 Å². The van der Waals surface area contributed by atoms with Crippen LogP contribution in [0.2, 0.25) is 10.0 Å². The van der Waals surface area contributed by atoms with E-state index in [1.54, 1.807) is 0 Å². The molecule has 2 aromatic rings. The van der Waals surface area contributed by atoms with E-state index in [0.717, 1.165) is 35.4 Å². The number of likely N-dealkylation sites (N-methyl/N-ethyl adjacent to an activating group) is 1. The number of rotatable bonds is 6. The maximum atomic E-state index is 5.88. The SMILES string of the molecule is CN(CCNc1ccc(Cl)cc1)Cc1ccc(Cl)cc1. The summed E-state index contributed by atoms with van der Waals surface area (Å²) in [6.07, 6.45) is 0. The van der Waals surface area contributed by atoms with E-state index in [2.05, 4.69) is 29.4 Å². The van der Waals surface area contributed by atoms with Crippen molar-refractivity contribution in [1.29, 1.82) is 0 Å². The maximum absolute atomic E-state index is 5.88. The number of anilines is 1. The first-order valence-electron chi connectivity index (χ1n) is 6.56. The molecular weight excluding hydrogens is 291 g/mol. The Labute approximate surface area is 130 Å². The van der Waals surface area contributed by atoms with Gasteiger partial charge in [-0.05, 0) is 49.0 Å². The second-order valence-corrected chi connectivity index (χ2v) is 5.67. The van der Waals surface area contributed by atoms with Gasteiger partial charge in [0.25, 0.3) is 0 Å². The van der Waals surface area contributed by atoms with E-state index in [1.807, 2.05) is 36.4 Å². The Morgan fingerprint density at radius 1 is 0.900 bits per heavy atom. The molecule has 0 radical (unpaired) electrons. The normalized spacial score (nSPS) is 10.8. The minimum absolute atomic E-state index is 0.760. The molecule has 0 saturated carbocycles. The predicted molar refractivity (Wildman–Crippen MR) is 87.7 cm³/mol. The van der Waals surface area contributed by atoms with Crippen LogP contribution in [0.1, 0.15) is 5.56 Å². The standard InChI is InChI=1S/C16H18Cl2N2/c1-20(12-13-2-4-14(17)5-3-13)11-10-19-16-8-6-15(18)7-9-16/h2-9,19H,10-12H2,1H3. The highest BCUT2D eigenvalue weighted by Gasteiger charge is 2.00. The fourth-order valence-electron chi connectivity index (χ4n) is 1.94. The lowest BCUT2D eigenvalue weighted by Crippen LogP contribution is -2.24. The topological polar surface area (TPSA) is 15.3 Å². The van der Waals surface area contributed by atoms with Crippen LogP contribution in [0.25, 0.3) is 0 Å². The van der Waals surface area contributed by atoms with Gasteiger partial charge in [0, 0.05) is 35.4 Å². The molecule has 2 rings (SSSR count). The van der Waals surface area contributed by atoms with Gasteiger partial charge >= 0.3 is 0 Å². The van der Waals surface area contributed by atoms with Gasteiger partial charge in [-0.2, -0.15) is 0 Å². The van der Waals surface area contributed by atoms with E-state index in [0.29, 0.717) is 0 Å². The van der Waals surface area contributed by atoms with Crippen molar-refractivity contribution < 1.29 is 0 Å². The van der Waals surface area contributed by atoms with Gasteiger partial charge in [-0.3, -0.25) is 0 Å². The van der Waals surface area contributed by atoms with E-state index in [4.69, 9.17) is 23.2 Å². The summed E-state index contributed by atoms with van der Waals surface area (Å²) in [5.41, 5.74) is 2.36. The van der Waals surface area contributed by atoms with Crippen molar-refractivity contribution in [3.05, 3.63) is 64.1 Å². The van der Waals surface area contributed by atoms with Gasteiger partial charge in [0.05, 0.1) is 0 Å². The van der Waals surface area contributed by atoms with Crippen molar-refractivity contribution in [2.75, 3.05) is 25.5 Å². The van der Waals surface area contributed by atoms with E-state index in [9.17, 15) is 0 Å². The summed E-state index contributed by atoms with van der Waals surface area (Å²) >= 11 is 11.7. The molecule has 1 N–H and O–H groups in total. The summed E-state index contributed by atoms with van der Waals surface area (Å²) in [4.78, 5) is 2.27. The number of hydrogen-bond donors (Lipinski definition) is 1. The third kappa shape index (κ3) is 5.04. The number of halogens is 2. The summed E-state index contributed by atoms with van der Waals surface area (Å²) in [6, 6.07) is 15.7. The number of nitrogens with zero attached hydrogens (tertiary/aromatic N) is 1. The Morgan fingerprint density at radius 3 is 2.05 bits per heavy atom. The Morgan fingerprint density at radius 2 is 1.45 bits per heavy atom. The first-order valence-corrected chi connectivity index (χ1v) is 7.31. The summed E-state index contributed by atoms with van der Waals surface area (Å²) in [6.45, 7) is 2.77. The molecule has 0 amide bonds. The first kappa shape index (κ1) is 15.2. The average Bonchev–Trinajstić information content (AvgIpc) is 2.44. The fourth-order valence-corrected chi connectivity index (χ4v) is 2.19. The van der Waals surface area contributed by atoms with E-state index < -0.39 is 0 Å². The highest BCUT2D eigenvalue weighted by molar-refractivity contribution is 6.30. The minimum Gasteiger partial charge on any atom is -0.384 e. The Bertz CT molecular complexity index is 523. The van der Waals surface area contributed by atoms with E-state index >= 15 is 0 Å². The monoisotopic (exact) mass is 308 g/mol. The zero-order valence-electron chi connectivity index (χ0n) is 11.4. The lowest BCUT2D eigenvalue weighted by Gasteiger charge is -2.17. The van der Waals surface area contributed by atoms with E-state index in [1.165, 1.54) is 5.56 Å². The first-order chi connectivity index (χ1) is 9.63. The Hall–Kier alpha value is -1.22. The van der Waals surface area contributed by atoms with Crippen molar-refractivity contribution in [2.24, 2.45) is 0 Å². The molecule has 0 spiro atoms. The van der Waals surface area contributed by atoms with Crippen LogP contribution in [0.15, 0.2) is 48.5 Å². The second-order valence-electron chi connectivity index (χ2n) is 4.80. The number of nitrogens with one attached hydrogen (secondary N) is 1. The lowest BCUT2D eigenvalue weighted by atomic mass is 10.2. The van der Waals surface area contributed by atoms with Gasteiger partial charge in [-0.25, -0.2) is 0 Å². The number of hydrogen-bond acceptors (Lipinski definition) is 2. The fraction of sp³-hybridized carbons (Fsp3) is 0.250. The summed E-state index contributed by atoms with van der Waals surface area (Å²) in [5.74, 6) is 0. The molecule has 0 heterocycles. The predicted octanol–water partition coefficient (Wildman–Crippen LogP) is 4.54. The smallest absolute Gasteiger partial charge is 0.0407 e. The molecule has 106 valence electrons. The second kappa shape index (κ2) is 7.53. The van der Waals surface area contributed by atoms with Crippen LogP contribution >= 0.6 is 23.2 Å². The molecule has 0 saturated heterocycles. The maximum Gasteiger partial charge on any atom is 0.0407 e. The van der Waals surface area contributed by atoms with Crippen LogP contribution in [0.5, 0.6) is 0 Å². The molecule has 0 bridgehead atoms. The molecule has 0 aliphatic carbocycles. The third-order valence-corrected chi connectivity index (χ3v) is 3.54. The molecule has 0 atom stereocenters. The van der Waals surface area contributed by atoms with Crippen LogP contribution in [0.4, 0.5) is 5.69 Å². The van der Waals surface area contributed by atoms with Gasteiger partial charge in [0.1, 0.15) is 0 Å². The van der Waals surface area contributed by atoms with E-state index in [-0.39, 0.29) is 0 Å². The average molecular weight is 309 g/mol. The van der Waals surface area contributed by atoms with Crippen LogP contribution in [0, 0.1) is 0 Å². The van der Waals surface area contributed by atoms with Crippen molar-refractivity contribution in [2.45, 2.75) is 6.54 Å². The zero-order chi connectivity index (χ0) is 14.4. The molecule has 0 aliphatic heterocycles. The Balaban J connectivity index is 1.73. The van der Waals surface area contributed by atoms with Gasteiger partial charge in [-0.15, -0.1) is 0 Å². The highest BCUT2D eigenvalue weighted by atomic mass is 35.5. The highest BCUT2D eigenvalue weighted by Crippen LogP contribution is 2.13. The van der Waals surface area contributed by atoms with Crippen LogP contribution in [-0.2, 0) is 6.54 Å². The van der Waals surface area contributed by atoms with Crippen molar-refractivity contribution in [3.8, 4) is 0 Å². The number of benzene rings is 2. The van der Waals surface area contributed by atoms with Crippen molar-refractivity contribution in [1.82, 2.24) is 4.90 Å². The van der Waals surface area contributed by atoms with Crippen molar-refractivity contribution in [3.63, 3.8) is 0 Å². The summed E-state index contributed by atoms with van der Waals surface area (Å²) in [5, 5.41) is 4.91. The molecule has 2 nitrogen and oxygen atoms in total. The summed E-state index contributed by atoms with van der Waals surface area (Å²) < 4.78 is 0. The Kier molecular flexibility index (Phi) is 5.72. The molecule has 20 heavy (non-hydrogen) atoms. The van der Waals surface area contributed by atoms with Gasteiger partial charge in [0.2, 0.25) is 0 Å². The lowest BCUT2D eigenvalue weighted by molar-refractivity contribution is 0.340. The van der Waals surface area contributed by atoms with Gasteiger partial charge < -0.3 is 10.2 Å².